The van der Waals surface area contributed by atoms with E-state index in [-0.39, 0.29) is 0 Å². The Morgan fingerprint density at radius 1 is 1.22 bits per heavy atom. The lowest BCUT2D eigenvalue weighted by Crippen LogP contribution is -2.33. The van der Waals surface area contributed by atoms with Gasteiger partial charge in [0.15, 0.2) is 0 Å². The molecule has 3 unspecified atom stereocenters. The molecule has 2 nitrogen and oxygen atoms in total. The predicted molar refractivity (Wildman–Crippen MR) is 80.3 cm³/mol. The van der Waals surface area contributed by atoms with Gasteiger partial charge < -0.3 is 10.1 Å². The molecule has 0 bridgehead atoms. The van der Waals surface area contributed by atoms with Crippen LogP contribution in [-0.2, 0) is 4.74 Å². The maximum atomic E-state index is 5.67. The first-order chi connectivity index (χ1) is 8.90. The van der Waals surface area contributed by atoms with Crippen LogP contribution in [0.4, 0.5) is 0 Å². The van der Waals surface area contributed by atoms with E-state index in [0.717, 1.165) is 18.6 Å². The largest absolute Gasteiger partial charge is 0.377 e. The molecule has 1 N–H and O–H groups in total. The van der Waals surface area contributed by atoms with Crippen molar-refractivity contribution in [2.24, 2.45) is 5.92 Å². The maximum absolute atomic E-state index is 5.67. The van der Waals surface area contributed by atoms with Crippen LogP contribution >= 0.6 is 11.8 Å². The lowest BCUT2D eigenvalue weighted by Gasteiger charge is -2.21. The van der Waals surface area contributed by atoms with Crippen LogP contribution < -0.4 is 5.32 Å². The second-order valence-corrected chi connectivity index (χ2v) is 6.90. The van der Waals surface area contributed by atoms with Gasteiger partial charge in [0, 0.05) is 18.4 Å². The van der Waals surface area contributed by atoms with E-state index in [4.69, 9.17) is 4.74 Å². The highest BCUT2D eigenvalue weighted by Crippen LogP contribution is 2.30. The Labute approximate surface area is 117 Å². The molecule has 3 atom stereocenters. The molecule has 0 spiro atoms. The van der Waals surface area contributed by atoms with Gasteiger partial charge in [-0.1, -0.05) is 13.3 Å². The summed E-state index contributed by atoms with van der Waals surface area (Å²) >= 11 is 2.11. The van der Waals surface area contributed by atoms with Crippen LogP contribution in [0.1, 0.15) is 51.9 Å². The van der Waals surface area contributed by atoms with Gasteiger partial charge in [0.1, 0.15) is 0 Å². The number of nitrogens with one attached hydrogen (secondary N) is 1. The second kappa shape index (κ2) is 8.44. The predicted octanol–water partition coefficient (Wildman–Crippen LogP) is 3.46. The number of ether oxygens (including phenoxy) is 1. The van der Waals surface area contributed by atoms with Crippen LogP contribution in [0, 0.1) is 5.92 Å². The molecule has 3 heteroatoms. The first-order valence-electron chi connectivity index (χ1n) is 7.83. The van der Waals surface area contributed by atoms with Crippen molar-refractivity contribution in [2.75, 3.05) is 24.7 Å². The van der Waals surface area contributed by atoms with Gasteiger partial charge in [-0.15, -0.1) is 0 Å². The minimum Gasteiger partial charge on any atom is -0.377 e. The molecule has 1 saturated heterocycles. The van der Waals surface area contributed by atoms with Crippen LogP contribution in [0.25, 0.3) is 0 Å². The number of hydrogen-bond acceptors (Lipinski definition) is 3. The quantitative estimate of drug-likeness (QED) is 0.683. The molecule has 0 amide bonds. The monoisotopic (exact) mass is 271 g/mol. The van der Waals surface area contributed by atoms with Gasteiger partial charge in [0.05, 0.1) is 6.10 Å². The standard InChI is InChI=1S/C15H29NOS/c1-2-9-16-15-7-3-5-13(15)8-11-18-12-14-6-4-10-17-14/h13-16H,2-12H2,1H3. The summed E-state index contributed by atoms with van der Waals surface area (Å²) in [5.41, 5.74) is 0. The van der Waals surface area contributed by atoms with E-state index in [1.807, 2.05) is 0 Å². The smallest absolute Gasteiger partial charge is 0.0666 e. The molecule has 1 saturated carbocycles. The normalized spacial score (nSPS) is 32.2. The fourth-order valence-electron chi connectivity index (χ4n) is 3.21. The van der Waals surface area contributed by atoms with Crippen molar-refractivity contribution in [3.63, 3.8) is 0 Å². The summed E-state index contributed by atoms with van der Waals surface area (Å²) < 4.78 is 5.67. The van der Waals surface area contributed by atoms with E-state index in [1.54, 1.807) is 0 Å². The molecule has 1 heterocycles. The summed E-state index contributed by atoms with van der Waals surface area (Å²) in [5, 5.41) is 3.73. The summed E-state index contributed by atoms with van der Waals surface area (Å²) in [5.74, 6) is 3.49. The molecular weight excluding hydrogens is 242 g/mol. The minimum absolute atomic E-state index is 0.563. The highest BCUT2D eigenvalue weighted by Gasteiger charge is 2.26. The van der Waals surface area contributed by atoms with E-state index in [0.29, 0.717) is 6.10 Å². The zero-order valence-electron chi connectivity index (χ0n) is 11.8. The Hall–Kier alpha value is 0.270. The van der Waals surface area contributed by atoms with Crippen molar-refractivity contribution in [1.29, 1.82) is 0 Å². The fraction of sp³-hybridized carbons (Fsp3) is 1.00. The van der Waals surface area contributed by atoms with Crippen molar-refractivity contribution in [2.45, 2.75) is 64.0 Å². The first kappa shape index (κ1) is 14.7. The minimum atomic E-state index is 0.563. The van der Waals surface area contributed by atoms with Gasteiger partial charge in [0.25, 0.3) is 0 Å². The summed E-state index contributed by atoms with van der Waals surface area (Å²) in [6.45, 7) is 4.45. The average Bonchev–Trinajstić information content (AvgIpc) is 3.03. The van der Waals surface area contributed by atoms with Gasteiger partial charge in [-0.2, -0.15) is 11.8 Å². The highest BCUT2D eigenvalue weighted by molar-refractivity contribution is 7.99. The van der Waals surface area contributed by atoms with Gasteiger partial charge >= 0.3 is 0 Å². The third-order valence-corrected chi connectivity index (χ3v) is 5.41. The SMILES string of the molecule is CCCNC1CCCC1CCSCC1CCCO1. The molecule has 0 radical (unpaired) electrons. The van der Waals surface area contributed by atoms with Crippen LogP contribution in [-0.4, -0.2) is 36.8 Å². The van der Waals surface area contributed by atoms with Crippen LogP contribution in [0.3, 0.4) is 0 Å². The molecule has 2 fully saturated rings. The highest BCUT2D eigenvalue weighted by atomic mass is 32.2. The maximum Gasteiger partial charge on any atom is 0.0666 e. The Morgan fingerprint density at radius 3 is 2.94 bits per heavy atom. The van der Waals surface area contributed by atoms with E-state index in [2.05, 4.69) is 24.0 Å². The molecule has 1 aliphatic heterocycles. The Bertz CT molecular complexity index is 219. The number of thioether (sulfide) groups is 1. The summed E-state index contributed by atoms with van der Waals surface area (Å²) in [6, 6.07) is 0.813. The van der Waals surface area contributed by atoms with Gasteiger partial charge in [-0.3, -0.25) is 0 Å². The van der Waals surface area contributed by atoms with Gasteiger partial charge in [0.2, 0.25) is 0 Å². The zero-order chi connectivity index (χ0) is 12.6. The lowest BCUT2D eigenvalue weighted by molar-refractivity contribution is 0.129. The number of hydrogen-bond donors (Lipinski definition) is 1. The van der Waals surface area contributed by atoms with Crippen LogP contribution in [0.15, 0.2) is 0 Å². The fourth-order valence-corrected chi connectivity index (χ4v) is 4.37. The van der Waals surface area contributed by atoms with Crippen LogP contribution in [0.2, 0.25) is 0 Å². The van der Waals surface area contributed by atoms with E-state index >= 15 is 0 Å². The summed E-state index contributed by atoms with van der Waals surface area (Å²) in [6.07, 6.45) is 10.1. The van der Waals surface area contributed by atoms with E-state index < -0.39 is 0 Å². The molecule has 18 heavy (non-hydrogen) atoms. The van der Waals surface area contributed by atoms with E-state index in [9.17, 15) is 0 Å². The molecule has 1 aliphatic carbocycles. The van der Waals surface area contributed by atoms with Crippen molar-refractivity contribution in [1.82, 2.24) is 5.32 Å². The third kappa shape index (κ3) is 4.75. The molecule has 106 valence electrons. The Balaban J connectivity index is 1.54. The molecule has 0 aromatic heterocycles. The van der Waals surface area contributed by atoms with Crippen molar-refractivity contribution < 1.29 is 4.74 Å². The molecular formula is C15H29NOS. The summed E-state index contributed by atoms with van der Waals surface area (Å²) in [4.78, 5) is 0. The van der Waals surface area contributed by atoms with Crippen molar-refractivity contribution in [3.05, 3.63) is 0 Å². The van der Waals surface area contributed by atoms with Crippen LogP contribution in [0.5, 0.6) is 0 Å². The molecule has 2 aliphatic rings. The lowest BCUT2D eigenvalue weighted by atomic mass is 10.0. The first-order valence-corrected chi connectivity index (χ1v) is 8.98. The van der Waals surface area contributed by atoms with Gasteiger partial charge in [-0.25, -0.2) is 0 Å². The van der Waals surface area contributed by atoms with E-state index in [1.165, 1.54) is 63.0 Å². The summed E-state index contributed by atoms with van der Waals surface area (Å²) in [7, 11) is 0. The molecule has 2 rings (SSSR count). The zero-order valence-corrected chi connectivity index (χ0v) is 12.6. The topological polar surface area (TPSA) is 21.3 Å². The Kier molecular flexibility index (Phi) is 6.88. The average molecular weight is 271 g/mol. The van der Waals surface area contributed by atoms with Crippen molar-refractivity contribution >= 4 is 11.8 Å². The third-order valence-electron chi connectivity index (χ3n) is 4.28. The number of rotatable bonds is 8. The molecule has 0 aromatic rings. The van der Waals surface area contributed by atoms with Gasteiger partial charge in [-0.05, 0) is 56.7 Å². The van der Waals surface area contributed by atoms with Crippen molar-refractivity contribution in [3.8, 4) is 0 Å². The second-order valence-electron chi connectivity index (χ2n) is 5.75. The molecule has 0 aromatic carbocycles. The Morgan fingerprint density at radius 2 is 2.17 bits per heavy atom.